The summed E-state index contributed by atoms with van der Waals surface area (Å²) in [6, 6.07) is 6.66. The Bertz CT molecular complexity index is 787. The molecule has 136 valence electrons. The highest BCUT2D eigenvalue weighted by molar-refractivity contribution is 7.55. The van der Waals surface area contributed by atoms with Crippen LogP contribution in [0.4, 0.5) is 0 Å². The molecule has 0 bridgehead atoms. The fraction of sp³-hybridized carbons (Fsp3) is 0.375. The Balaban J connectivity index is 1.92. The molecule has 1 unspecified atom stereocenters. The summed E-state index contributed by atoms with van der Waals surface area (Å²) >= 11 is 0. The van der Waals surface area contributed by atoms with Crippen LogP contribution in [0.25, 0.3) is 10.9 Å². The Hall–Kier alpha value is -2.15. The monoisotopic (exact) mass is 368 g/mol. The molecule has 5 N–H and O–H groups in total. The van der Waals surface area contributed by atoms with Crippen LogP contribution in [0.15, 0.2) is 30.5 Å². The van der Waals surface area contributed by atoms with Gasteiger partial charge in [0.1, 0.15) is 0 Å². The van der Waals surface area contributed by atoms with Gasteiger partial charge in [-0.25, -0.2) is 5.09 Å². The number of rotatable bonds is 10. The third-order valence-corrected chi connectivity index (χ3v) is 5.50. The number of para-hydroxylation sites is 1. The molecular weight excluding hydrogens is 347 g/mol. The van der Waals surface area contributed by atoms with E-state index >= 15 is 0 Å². The van der Waals surface area contributed by atoms with Crippen LogP contribution in [0.1, 0.15) is 24.8 Å². The number of aromatic nitrogens is 1. The number of H-pyrrole nitrogens is 1. The number of benzene rings is 1. The lowest BCUT2D eigenvalue weighted by Gasteiger charge is -2.19. The van der Waals surface area contributed by atoms with Crippen molar-refractivity contribution in [2.75, 3.05) is 6.16 Å². The average Bonchev–Trinajstić information content (AvgIpc) is 2.88. The van der Waals surface area contributed by atoms with Crippen LogP contribution in [0, 0.1) is 0 Å². The van der Waals surface area contributed by atoms with E-state index in [1.807, 2.05) is 30.5 Å². The summed E-state index contributed by atoms with van der Waals surface area (Å²) in [5.41, 5.74) is 2.02. The SMILES string of the molecule is O=C(O)CC(CC(=O)O)NP(=O)(O)CCCc1c[nH]c2ccccc12. The van der Waals surface area contributed by atoms with E-state index in [2.05, 4.69) is 10.1 Å². The molecule has 1 aromatic heterocycles. The first-order chi connectivity index (χ1) is 11.8. The standard InChI is InChI=1S/C16H21N2O6P/c19-15(20)8-12(9-16(21)22)18-25(23,24)7-3-4-11-10-17-14-6-2-1-5-13(11)14/h1-2,5-6,10,12,17H,3-4,7-9H2,(H,19,20)(H,21,22)(H2,18,23,24). The number of hydrogen-bond donors (Lipinski definition) is 5. The van der Waals surface area contributed by atoms with Gasteiger partial charge in [-0.3, -0.25) is 14.2 Å². The number of nitrogens with one attached hydrogen (secondary N) is 2. The van der Waals surface area contributed by atoms with E-state index in [1.165, 1.54) is 0 Å². The zero-order valence-corrected chi connectivity index (χ0v) is 14.4. The zero-order chi connectivity index (χ0) is 18.4. The van der Waals surface area contributed by atoms with E-state index in [4.69, 9.17) is 10.2 Å². The van der Waals surface area contributed by atoms with Gasteiger partial charge < -0.3 is 20.1 Å². The first kappa shape index (κ1) is 19.2. The minimum atomic E-state index is -3.83. The smallest absolute Gasteiger partial charge is 0.304 e. The van der Waals surface area contributed by atoms with Crippen LogP contribution in [0.5, 0.6) is 0 Å². The summed E-state index contributed by atoms with van der Waals surface area (Å²) in [4.78, 5) is 34.7. The van der Waals surface area contributed by atoms with Gasteiger partial charge in [-0.1, -0.05) is 18.2 Å². The lowest BCUT2D eigenvalue weighted by atomic mass is 10.1. The van der Waals surface area contributed by atoms with Gasteiger partial charge in [0.25, 0.3) is 7.52 Å². The summed E-state index contributed by atoms with van der Waals surface area (Å²) in [6.07, 6.45) is 1.73. The fourth-order valence-corrected chi connectivity index (χ4v) is 4.23. The maximum Gasteiger partial charge on any atom is 0.304 e. The van der Waals surface area contributed by atoms with Crippen molar-refractivity contribution in [2.24, 2.45) is 0 Å². The molecule has 0 amide bonds. The van der Waals surface area contributed by atoms with Crippen molar-refractivity contribution in [3.63, 3.8) is 0 Å². The van der Waals surface area contributed by atoms with Crippen LogP contribution in [0.2, 0.25) is 0 Å². The van der Waals surface area contributed by atoms with Crippen molar-refractivity contribution in [2.45, 2.75) is 31.7 Å². The van der Waals surface area contributed by atoms with Gasteiger partial charge in [0.2, 0.25) is 0 Å². The molecule has 1 heterocycles. The third-order valence-electron chi connectivity index (χ3n) is 3.81. The lowest BCUT2D eigenvalue weighted by Crippen LogP contribution is -2.32. The van der Waals surface area contributed by atoms with Gasteiger partial charge in [-0.2, -0.15) is 0 Å². The number of fused-ring (bicyclic) bond motifs is 1. The molecule has 1 atom stereocenters. The van der Waals surface area contributed by atoms with Crippen molar-refractivity contribution in [1.29, 1.82) is 0 Å². The minimum absolute atomic E-state index is 0.0672. The minimum Gasteiger partial charge on any atom is -0.481 e. The lowest BCUT2D eigenvalue weighted by molar-refractivity contribution is -0.139. The van der Waals surface area contributed by atoms with E-state index in [9.17, 15) is 19.0 Å². The van der Waals surface area contributed by atoms with E-state index < -0.39 is 38.3 Å². The Morgan fingerprint density at radius 2 is 1.80 bits per heavy atom. The molecule has 0 aliphatic carbocycles. The average molecular weight is 368 g/mol. The van der Waals surface area contributed by atoms with E-state index in [0.29, 0.717) is 12.8 Å². The first-order valence-corrected chi connectivity index (χ1v) is 9.69. The van der Waals surface area contributed by atoms with Crippen molar-refractivity contribution >= 4 is 30.4 Å². The Morgan fingerprint density at radius 3 is 2.44 bits per heavy atom. The molecule has 25 heavy (non-hydrogen) atoms. The van der Waals surface area contributed by atoms with Gasteiger partial charge in [-0.05, 0) is 24.5 Å². The molecule has 9 heteroatoms. The second-order valence-electron chi connectivity index (χ2n) is 5.91. The largest absolute Gasteiger partial charge is 0.481 e. The zero-order valence-electron chi connectivity index (χ0n) is 13.5. The molecule has 0 saturated heterocycles. The number of aliphatic carboxylic acids is 2. The van der Waals surface area contributed by atoms with Crippen LogP contribution in [-0.2, 0) is 20.6 Å². The van der Waals surface area contributed by atoms with Crippen LogP contribution >= 0.6 is 7.52 Å². The summed E-state index contributed by atoms with van der Waals surface area (Å²) in [6.45, 7) is 0. The number of carbonyl (C=O) groups is 2. The van der Waals surface area contributed by atoms with Gasteiger partial charge >= 0.3 is 11.9 Å². The molecule has 0 spiro atoms. The molecule has 0 radical (unpaired) electrons. The second-order valence-corrected chi connectivity index (χ2v) is 8.02. The normalized spacial score (nSPS) is 13.8. The van der Waals surface area contributed by atoms with E-state index in [-0.39, 0.29) is 6.16 Å². The Kier molecular flexibility index (Phi) is 6.36. The van der Waals surface area contributed by atoms with Crippen LogP contribution in [-0.4, -0.2) is 44.2 Å². The maximum atomic E-state index is 12.2. The Morgan fingerprint density at radius 1 is 1.16 bits per heavy atom. The van der Waals surface area contributed by atoms with E-state index in [1.54, 1.807) is 0 Å². The molecule has 8 nitrogen and oxygen atoms in total. The third kappa shape index (κ3) is 6.01. The molecule has 0 fully saturated rings. The number of carboxylic acid groups (broad SMARTS) is 2. The first-order valence-electron chi connectivity index (χ1n) is 7.85. The number of hydrogen-bond acceptors (Lipinski definition) is 3. The van der Waals surface area contributed by atoms with E-state index in [0.717, 1.165) is 16.5 Å². The summed E-state index contributed by atoms with van der Waals surface area (Å²) in [5.74, 6) is -2.45. The highest BCUT2D eigenvalue weighted by atomic mass is 31.2. The number of aryl methyl sites for hydroxylation is 1. The molecule has 1 aromatic carbocycles. The fourth-order valence-electron chi connectivity index (χ4n) is 2.76. The van der Waals surface area contributed by atoms with Gasteiger partial charge in [0, 0.05) is 29.3 Å². The topological polar surface area (TPSA) is 140 Å². The van der Waals surface area contributed by atoms with Crippen LogP contribution < -0.4 is 5.09 Å². The second kappa shape index (κ2) is 8.29. The van der Waals surface area contributed by atoms with Gasteiger partial charge in [0.05, 0.1) is 12.8 Å². The van der Waals surface area contributed by atoms with Crippen molar-refractivity contribution in [3.8, 4) is 0 Å². The molecule has 0 saturated carbocycles. The van der Waals surface area contributed by atoms with Crippen molar-refractivity contribution < 1.29 is 29.3 Å². The summed E-state index contributed by atoms with van der Waals surface area (Å²) in [7, 11) is -3.83. The number of carboxylic acids is 2. The van der Waals surface area contributed by atoms with Gasteiger partial charge in [0.15, 0.2) is 0 Å². The Labute approximate surface area is 144 Å². The quantitative estimate of drug-likeness (QED) is 0.405. The predicted molar refractivity (Wildman–Crippen MR) is 92.7 cm³/mol. The molecular formula is C16H21N2O6P. The maximum absolute atomic E-state index is 12.2. The summed E-state index contributed by atoms with van der Waals surface area (Å²) in [5, 5.41) is 20.9. The molecule has 0 aliphatic rings. The summed E-state index contributed by atoms with van der Waals surface area (Å²) < 4.78 is 12.2. The van der Waals surface area contributed by atoms with Gasteiger partial charge in [-0.15, -0.1) is 0 Å². The predicted octanol–water partition coefficient (Wildman–Crippen LogP) is 2.19. The molecule has 2 aromatic rings. The molecule has 2 rings (SSSR count). The van der Waals surface area contributed by atoms with Crippen LogP contribution in [0.3, 0.4) is 0 Å². The molecule has 0 aliphatic heterocycles. The van der Waals surface area contributed by atoms with Crippen molar-refractivity contribution in [1.82, 2.24) is 10.1 Å². The highest BCUT2D eigenvalue weighted by Gasteiger charge is 2.26. The van der Waals surface area contributed by atoms with Crippen molar-refractivity contribution in [3.05, 3.63) is 36.0 Å². The highest BCUT2D eigenvalue weighted by Crippen LogP contribution is 2.38. The number of aromatic amines is 1.